The van der Waals surface area contributed by atoms with E-state index < -0.39 is 0 Å². The quantitative estimate of drug-likeness (QED) is 0.253. The molecule has 0 bridgehead atoms. The van der Waals surface area contributed by atoms with Crippen LogP contribution in [0.15, 0.2) is 5.20 Å². The molecule has 0 N–H and O–H groups in total. The average Bonchev–Trinajstić information content (AvgIpc) is 1.68. The molecule has 0 saturated heterocycles. The highest BCUT2D eigenvalue weighted by atomic mass is 28.1. The monoisotopic (exact) mass is 114 g/mol. The van der Waals surface area contributed by atoms with Gasteiger partial charge in [-0.05, 0) is 5.20 Å². The summed E-state index contributed by atoms with van der Waals surface area (Å²) in [7, 11) is 0.661. The van der Waals surface area contributed by atoms with Crippen LogP contribution in [0.1, 0.15) is 6.42 Å². The highest BCUT2D eigenvalue weighted by Crippen LogP contribution is 1.80. The van der Waals surface area contributed by atoms with E-state index in [0.717, 1.165) is 0 Å². The molecular formula is C4H6O2Si. The van der Waals surface area contributed by atoms with Crippen molar-refractivity contribution in [2.24, 2.45) is 0 Å². The molecule has 0 unspecified atom stereocenters. The molecule has 0 aromatic heterocycles. The second-order valence-electron chi connectivity index (χ2n) is 1.25. The van der Waals surface area contributed by atoms with E-state index >= 15 is 0 Å². The number of hydrogen-bond donors (Lipinski definition) is 0. The van der Waals surface area contributed by atoms with Crippen molar-refractivity contribution in [2.75, 3.05) is 0 Å². The molecule has 0 aromatic carbocycles. The van der Waals surface area contributed by atoms with Crippen molar-refractivity contribution < 1.29 is 9.59 Å². The van der Waals surface area contributed by atoms with Gasteiger partial charge < -0.3 is 4.79 Å². The summed E-state index contributed by atoms with van der Waals surface area (Å²) in [5.41, 5.74) is 0. The summed E-state index contributed by atoms with van der Waals surface area (Å²) in [6.07, 6.45) is 0.989. The third-order valence-corrected chi connectivity index (χ3v) is 1.18. The van der Waals surface area contributed by atoms with Crippen LogP contribution >= 0.6 is 0 Å². The summed E-state index contributed by atoms with van der Waals surface area (Å²) in [4.78, 5) is 19.2. The fourth-order valence-corrected chi connectivity index (χ4v) is 0.333. The van der Waals surface area contributed by atoms with E-state index in [0.29, 0.717) is 21.7 Å². The SMILES string of the molecule is O=C=C([SiH3])CC=O. The first-order valence-corrected chi connectivity index (χ1v) is 2.95. The summed E-state index contributed by atoms with van der Waals surface area (Å²) in [5.74, 6) is 1.66. The molecule has 0 fully saturated rings. The normalized spacial score (nSPS) is 7.43. The van der Waals surface area contributed by atoms with Crippen LogP contribution < -0.4 is 0 Å². The van der Waals surface area contributed by atoms with Crippen molar-refractivity contribution in [3.8, 4) is 0 Å². The van der Waals surface area contributed by atoms with Gasteiger partial charge in [0.1, 0.15) is 12.2 Å². The van der Waals surface area contributed by atoms with E-state index in [2.05, 4.69) is 0 Å². The Morgan fingerprint density at radius 2 is 2.43 bits per heavy atom. The molecule has 0 saturated carbocycles. The van der Waals surface area contributed by atoms with Crippen molar-refractivity contribution in [2.45, 2.75) is 6.42 Å². The molecule has 0 spiro atoms. The molecule has 0 aliphatic rings. The van der Waals surface area contributed by atoms with E-state index in [1.807, 2.05) is 0 Å². The lowest BCUT2D eigenvalue weighted by molar-refractivity contribution is -0.107. The number of rotatable bonds is 2. The van der Waals surface area contributed by atoms with Crippen molar-refractivity contribution >= 4 is 22.5 Å². The molecule has 0 atom stereocenters. The zero-order valence-electron chi connectivity index (χ0n) is 4.10. The van der Waals surface area contributed by atoms with E-state index in [9.17, 15) is 9.59 Å². The van der Waals surface area contributed by atoms with Gasteiger partial charge in [0, 0.05) is 16.7 Å². The third kappa shape index (κ3) is 3.16. The molecule has 2 nitrogen and oxygen atoms in total. The lowest BCUT2D eigenvalue weighted by Crippen LogP contribution is -1.81. The van der Waals surface area contributed by atoms with Crippen LogP contribution in [0.2, 0.25) is 0 Å². The Morgan fingerprint density at radius 1 is 1.86 bits per heavy atom. The van der Waals surface area contributed by atoms with Crippen molar-refractivity contribution in [1.82, 2.24) is 0 Å². The number of allylic oxidation sites excluding steroid dienone is 1. The summed E-state index contributed by atoms with van der Waals surface area (Å²) < 4.78 is 0. The van der Waals surface area contributed by atoms with Crippen molar-refractivity contribution in [1.29, 1.82) is 0 Å². The maximum atomic E-state index is 9.61. The summed E-state index contributed by atoms with van der Waals surface area (Å²) in [5, 5.41) is 0.593. The molecule has 0 radical (unpaired) electrons. The second kappa shape index (κ2) is 3.52. The first-order chi connectivity index (χ1) is 3.31. The van der Waals surface area contributed by atoms with Gasteiger partial charge in [0.05, 0.1) is 0 Å². The fraction of sp³-hybridized carbons (Fsp3) is 0.250. The van der Waals surface area contributed by atoms with Gasteiger partial charge in [0.2, 0.25) is 0 Å². The van der Waals surface area contributed by atoms with Gasteiger partial charge in [-0.15, -0.1) is 0 Å². The van der Waals surface area contributed by atoms with Crippen LogP contribution in [-0.2, 0) is 9.59 Å². The molecule has 0 aliphatic carbocycles. The first kappa shape index (κ1) is 6.34. The van der Waals surface area contributed by atoms with Crippen LogP contribution in [0.5, 0.6) is 0 Å². The van der Waals surface area contributed by atoms with Gasteiger partial charge in [-0.2, -0.15) is 0 Å². The lowest BCUT2D eigenvalue weighted by Gasteiger charge is -1.76. The second-order valence-corrected chi connectivity index (χ2v) is 2.46. The van der Waals surface area contributed by atoms with E-state index in [1.165, 1.54) is 0 Å². The Hall–Kier alpha value is -0.663. The van der Waals surface area contributed by atoms with Crippen LogP contribution in [0.4, 0.5) is 0 Å². The highest BCUT2D eigenvalue weighted by molar-refractivity contribution is 6.26. The molecule has 0 amide bonds. The smallest absolute Gasteiger partial charge is 0.124 e. The maximum Gasteiger partial charge on any atom is 0.124 e. The number of aldehydes is 1. The number of carbonyl (C=O) groups excluding carboxylic acids is 2. The Kier molecular flexibility index (Phi) is 3.19. The summed E-state index contributed by atoms with van der Waals surface area (Å²) in [6.45, 7) is 0. The Morgan fingerprint density at radius 3 is 2.57 bits per heavy atom. The minimum absolute atomic E-state index is 0.274. The minimum atomic E-state index is 0.274. The Balaban J connectivity index is 3.58. The zero-order chi connectivity index (χ0) is 5.70. The molecule has 0 aromatic rings. The number of hydrogen-bond acceptors (Lipinski definition) is 2. The topological polar surface area (TPSA) is 34.1 Å². The van der Waals surface area contributed by atoms with E-state index in [1.54, 1.807) is 5.94 Å². The predicted octanol–water partition coefficient (Wildman–Crippen LogP) is -1.34. The summed E-state index contributed by atoms with van der Waals surface area (Å²) in [6, 6.07) is 0. The van der Waals surface area contributed by atoms with Gasteiger partial charge >= 0.3 is 0 Å². The van der Waals surface area contributed by atoms with E-state index in [-0.39, 0.29) is 6.42 Å². The van der Waals surface area contributed by atoms with E-state index in [4.69, 9.17) is 0 Å². The van der Waals surface area contributed by atoms with Gasteiger partial charge in [-0.3, -0.25) is 0 Å². The van der Waals surface area contributed by atoms with Crippen LogP contribution in [0.3, 0.4) is 0 Å². The molecular weight excluding hydrogens is 108 g/mol. The third-order valence-electron chi connectivity index (χ3n) is 0.564. The standard InChI is InChI=1S/C4H6O2Si/c5-2-1-4(7)3-6/h2H,1H2,7H3. The Labute approximate surface area is 44.6 Å². The maximum absolute atomic E-state index is 9.61. The fourth-order valence-electron chi connectivity index (χ4n) is 0.167. The molecule has 0 rings (SSSR count). The molecule has 0 aliphatic heterocycles. The van der Waals surface area contributed by atoms with Crippen LogP contribution in [0.25, 0.3) is 0 Å². The molecule has 38 valence electrons. The highest BCUT2D eigenvalue weighted by Gasteiger charge is 1.82. The molecule has 3 heteroatoms. The number of carbonyl (C=O) groups is 1. The molecule has 7 heavy (non-hydrogen) atoms. The van der Waals surface area contributed by atoms with Crippen LogP contribution in [-0.4, -0.2) is 22.5 Å². The van der Waals surface area contributed by atoms with Crippen molar-refractivity contribution in [3.05, 3.63) is 5.20 Å². The first-order valence-electron chi connectivity index (χ1n) is 1.95. The minimum Gasteiger partial charge on any atom is -0.303 e. The largest absolute Gasteiger partial charge is 0.303 e. The van der Waals surface area contributed by atoms with Crippen LogP contribution in [0, 0.1) is 0 Å². The Bertz CT molecular complexity index is 113. The van der Waals surface area contributed by atoms with Crippen molar-refractivity contribution in [3.63, 3.8) is 0 Å². The van der Waals surface area contributed by atoms with Gasteiger partial charge in [-0.1, -0.05) is 0 Å². The summed E-state index contributed by atoms with van der Waals surface area (Å²) >= 11 is 0. The average molecular weight is 114 g/mol. The van der Waals surface area contributed by atoms with Gasteiger partial charge in [0.15, 0.2) is 0 Å². The lowest BCUT2D eigenvalue weighted by atomic mass is 10.5. The van der Waals surface area contributed by atoms with Gasteiger partial charge in [-0.25, -0.2) is 4.79 Å². The van der Waals surface area contributed by atoms with Gasteiger partial charge in [0.25, 0.3) is 0 Å². The predicted molar refractivity (Wildman–Crippen MR) is 29.8 cm³/mol. The molecule has 0 heterocycles. The zero-order valence-corrected chi connectivity index (χ0v) is 6.10.